The molecule has 0 saturated carbocycles. The number of hydrogen-bond donors (Lipinski definition) is 0. The maximum absolute atomic E-state index is 5.70. The van der Waals surface area contributed by atoms with Crippen LogP contribution in [0.5, 0.6) is 5.75 Å². The van der Waals surface area contributed by atoms with Gasteiger partial charge >= 0.3 is 0 Å². The van der Waals surface area contributed by atoms with Gasteiger partial charge in [0.25, 0.3) is 0 Å². The Morgan fingerprint density at radius 1 is 0.773 bits per heavy atom. The van der Waals surface area contributed by atoms with Crippen LogP contribution in [0.1, 0.15) is 76.7 Å². The molecule has 0 N–H and O–H groups in total. The quantitative estimate of drug-likeness (QED) is 0.255. The number of halogens is 1. The molecule has 2 heteroatoms. The molecule has 0 aliphatic carbocycles. The largest absolute Gasteiger partial charge is 0.494 e. The summed E-state index contributed by atoms with van der Waals surface area (Å²) in [5, 5.41) is 1.16. The molecule has 0 aliphatic rings. The van der Waals surface area contributed by atoms with E-state index in [-0.39, 0.29) is 0 Å². The van der Waals surface area contributed by atoms with Gasteiger partial charge in [-0.05, 0) is 43.4 Å². The number of hydrogen-bond acceptors (Lipinski definition) is 1. The van der Waals surface area contributed by atoms with Gasteiger partial charge in [0.15, 0.2) is 0 Å². The predicted molar refractivity (Wildman–Crippen MR) is 101 cm³/mol. The van der Waals surface area contributed by atoms with Crippen molar-refractivity contribution in [2.24, 2.45) is 0 Å². The normalized spacial score (nSPS) is 10.8. The van der Waals surface area contributed by atoms with Crippen LogP contribution in [-0.2, 0) is 6.42 Å². The number of alkyl halides is 1. The molecule has 1 aromatic carbocycles. The zero-order valence-corrected chi connectivity index (χ0v) is 15.9. The lowest BCUT2D eigenvalue weighted by Gasteiger charge is -2.07. The minimum absolute atomic E-state index is 0.839. The third-order valence-corrected chi connectivity index (χ3v) is 4.60. The van der Waals surface area contributed by atoms with Crippen LogP contribution in [0.2, 0.25) is 0 Å². The van der Waals surface area contributed by atoms with Crippen molar-refractivity contribution in [3.63, 3.8) is 0 Å². The number of unbranched alkanes of at least 4 members (excludes halogenated alkanes) is 8. The van der Waals surface area contributed by atoms with Crippen molar-refractivity contribution in [2.75, 3.05) is 11.9 Å². The summed E-state index contributed by atoms with van der Waals surface area (Å²) < 4.78 is 5.70. The number of aryl methyl sites for hydroxylation is 1. The van der Waals surface area contributed by atoms with Crippen molar-refractivity contribution in [3.8, 4) is 5.75 Å². The summed E-state index contributed by atoms with van der Waals surface area (Å²) in [6.45, 7) is 3.03. The molecule has 0 heterocycles. The molecule has 0 radical (unpaired) electrons. The second-order valence-corrected chi connectivity index (χ2v) is 6.91. The first-order chi connectivity index (χ1) is 10.9. The van der Waals surface area contributed by atoms with E-state index >= 15 is 0 Å². The van der Waals surface area contributed by atoms with E-state index in [9.17, 15) is 0 Å². The molecule has 1 rings (SSSR count). The molecule has 1 nitrogen and oxygen atoms in total. The van der Waals surface area contributed by atoms with Crippen LogP contribution < -0.4 is 4.74 Å². The van der Waals surface area contributed by atoms with E-state index in [0.717, 1.165) is 24.1 Å². The molecule has 0 spiro atoms. The van der Waals surface area contributed by atoms with Gasteiger partial charge in [-0.1, -0.05) is 79.9 Å². The molecule has 0 unspecified atom stereocenters. The van der Waals surface area contributed by atoms with Crippen molar-refractivity contribution < 1.29 is 4.74 Å². The van der Waals surface area contributed by atoms with Crippen LogP contribution in [-0.4, -0.2) is 11.9 Å². The van der Waals surface area contributed by atoms with Crippen LogP contribution in [0.25, 0.3) is 0 Å². The van der Waals surface area contributed by atoms with E-state index in [0.29, 0.717) is 0 Å². The maximum Gasteiger partial charge on any atom is 0.119 e. The predicted octanol–water partition coefficient (Wildman–Crippen LogP) is 6.92. The van der Waals surface area contributed by atoms with Crippen LogP contribution in [0, 0.1) is 0 Å². The Hall–Kier alpha value is -0.500. The molecule has 1 aromatic rings. The Morgan fingerprint density at radius 3 is 1.95 bits per heavy atom. The number of benzene rings is 1. The summed E-state index contributed by atoms with van der Waals surface area (Å²) in [4.78, 5) is 0. The maximum atomic E-state index is 5.70. The molecule has 0 fully saturated rings. The molecule has 22 heavy (non-hydrogen) atoms. The molecule has 0 aromatic heterocycles. The lowest BCUT2D eigenvalue weighted by Crippen LogP contribution is -1.96. The second-order valence-electron chi connectivity index (χ2n) is 6.11. The molecule has 0 saturated heterocycles. The van der Waals surface area contributed by atoms with Gasteiger partial charge in [0, 0.05) is 5.33 Å². The fraction of sp³-hybridized carbons (Fsp3) is 0.700. The zero-order valence-electron chi connectivity index (χ0n) is 14.3. The highest BCUT2D eigenvalue weighted by Gasteiger charge is 1.97. The average Bonchev–Trinajstić information content (AvgIpc) is 2.55. The van der Waals surface area contributed by atoms with E-state index in [1.54, 1.807) is 0 Å². The van der Waals surface area contributed by atoms with Crippen LogP contribution >= 0.6 is 15.9 Å². The second kappa shape index (κ2) is 14.1. The number of rotatable bonds is 14. The van der Waals surface area contributed by atoms with Gasteiger partial charge in [0.1, 0.15) is 5.75 Å². The van der Waals surface area contributed by atoms with Crippen LogP contribution in [0.3, 0.4) is 0 Å². The Morgan fingerprint density at radius 2 is 1.36 bits per heavy atom. The van der Waals surface area contributed by atoms with Gasteiger partial charge in [-0.3, -0.25) is 0 Å². The Balaban J connectivity index is 2.00. The summed E-state index contributed by atoms with van der Waals surface area (Å²) in [5.74, 6) is 1.01. The molecule has 0 bridgehead atoms. The molecular weight excluding hydrogens is 336 g/mol. The van der Waals surface area contributed by atoms with Crippen molar-refractivity contribution in [3.05, 3.63) is 29.8 Å². The topological polar surface area (TPSA) is 9.23 Å². The van der Waals surface area contributed by atoms with Gasteiger partial charge in [-0.15, -0.1) is 0 Å². The van der Waals surface area contributed by atoms with Gasteiger partial charge in [-0.2, -0.15) is 0 Å². The molecule has 0 amide bonds. The highest BCUT2D eigenvalue weighted by Crippen LogP contribution is 2.16. The van der Waals surface area contributed by atoms with Crippen molar-refractivity contribution in [1.82, 2.24) is 0 Å². The first-order valence-corrected chi connectivity index (χ1v) is 10.3. The monoisotopic (exact) mass is 368 g/mol. The fourth-order valence-electron chi connectivity index (χ4n) is 2.57. The standard InChI is InChI=1S/C20H33BrO/c1-2-3-18-22-20-15-13-19(14-16-20)12-10-8-6-4-5-7-9-11-17-21/h13-16H,2-12,17-18H2,1H3. The summed E-state index contributed by atoms with van der Waals surface area (Å²) in [7, 11) is 0. The van der Waals surface area contributed by atoms with Gasteiger partial charge in [-0.25, -0.2) is 0 Å². The first-order valence-electron chi connectivity index (χ1n) is 9.14. The van der Waals surface area contributed by atoms with Gasteiger partial charge in [0.2, 0.25) is 0 Å². The van der Waals surface area contributed by atoms with Gasteiger partial charge in [0.05, 0.1) is 6.61 Å². The minimum Gasteiger partial charge on any atom is -0.494 e. The summed E-state index contributed by atoms with van der Waals surface area (Å²) in [5.41, 5.74) is 1.44. The first kappa shape index (κ1) is 19.5. The summed E-state index contributed by atoms with van der Waals surface area (Å²) in [6.07, 6.45) is 14.6. The Bertz CT molecular complexity index is 347. The van der Waals surface area contributed by atoms with Crippen molar-refractivity contribution >= 4 is 15.9 Å². The van der Waals surface area contributed by atoms with Crippen molar-refractivity contribution in [2.45, 2.75) is 77.6 Å². The van der Waals surface area contributed by atoms with Gasteiger partial charge < -0.3 is 4.74 Å². The average molecular weight is 369 g/mol. The molecule has 0 atom stereocenters. The smallest absolute Gasteiger partial charge is 0.119 e. The Labute approximate surface area is 146 Å². The van der Waals surface area contributed by atoms with Crippen LogP contribution in [0.4, 0.5) is 0 Å². The van der Waals surface area contributed by atoms with E-state index in [4.69, 9.17) is 4.74 Å². The third-order valence-electron chi connectivity index (χ3n) is 4.04. The van der Waals surface area contributed by atoms with E-state index in [1.165, 1.54) is 69.8 Å². The fourth-order valence-corrected chi connectivity index (χ4v) is 2.97. The minimum atomic E-state index is 0.839. The van der Waals surface area contributed by atoms with E-state index in [2.05, 4.69) is 47.1 Å². The highest BCUT2D eigenvalue weighted by molar-refractivity contribution is 9.09. The van der Waals surface area contributed by atoms with Crippen LogP contribution in [0.15, 0.2) is 24.3 Å². The van der Waals surface area contributed by atoms with E-state index < -0.39 is 0 Å². The highest BCUT2D eigenvalue weighted by atomic mass is 79.9. The molecular formula is C20H33BrO. The zero-order chi connectivity index (χ0) is 15.9. The molecule has 126 valence electrons. The Kier molecular flexibility index (Phi) is 12.5. The lowest BCUT2D eigenvalue weighted by atomic mass is 10.0. The lowest BCUT2D eigenvalue weighted by molar-refractivity contribution is 0.309. The summed E-state index contributed by atoms with van der Waals surface area (Å²) in [6, 6.07) is 8.69. The SMILES string of the molecule is CCCCOc1ccc(CCCCCCCCCCBr)cc1. The van der Waals surface area contributed by atoms with Crippen molar-refractivity contribution in [1.29, 1.82) is 0 Å². The summed E-state index contributed by atoms with van der Waals surface area (Å²) >= 11 is 3.49. The third kappa shape index (κ3) is 10.3. The number of ether oxygens (including phenoxy) is 1. The molecule has 0 aliphatic heterocycles. The van der Waals surface area contributed by atoms with E-state index in [1.807, 2.05) is 0 Å².